The Morgan fingerprint density at radius 2 is 2.07 bits per heavy atom. The summed E-state index contributed by atoms with van der Waals surface area (Å²) in [6.07, 6.45) is 11.4. The second kappa shape index (κ2) is 4.31. The quantitative estimate of drug-likeness (QED) is 0.661. The second-order valence-corrected chi connectivity index (χ2v) is 4.77. The van der Waals surface area contributed by atoms with Crippen molar-refractivity contribution >= 4 is 22.2 Å². The molecule has 0 aliphatic heterocycles. The van der Waals surface area contributed by atoms with Gasteiger partial charge in [-0.25, -0.2) is 0 Å². The Kier molecular flexibility index (Phi) is 3.06. The van der Waals surface area contributed by atoms with Crippen LogP contribution in [0.3, 0.4) is 0 Å². The van der Waals surface area contributed by atoms with Crippen LogP contribution < -0.4 is 0 Å². The molecule has 0 radical (unpaired) electrons. The van der Waals surface area contributed by atoms with Gasteiger partial charge < -0.3 is 0 Å². The molecule has 78 valence electrons. The third-order valence-electron chi connectivity index (χ3n) is 2.84. The Morgan fingerprint density at radius 3 is 2.80 bits per heavy atom. The lowest BCUT2D eigenvalue weighted by molar-refractivity contribution is -0.105. The number of allylic oxidation sites excluding steroid dienone is 8. The van der Waals surface area contributed by atoms with Crippen molar-refractivity contribution in [3.8, 4) is 0 Å². The van der Waals surface area contributed by atoms with E-state index in [2.05, 4.69) is 47.2 Å². The molecule has 0 saturated heterocycles. The molecule has 1 unspecified atom stereocenters. The van der Waals surface area contributed by atoms with Gasteiger partial charge in [0, 0.05) is 10.1 Å². The molecule has 0 aromatic carbocycles. The Balaban J connectivity index is 2.47. The molecule has 2 heteroatoms. The van der Waals surface area contributed by atoms with Crippen molar-refractivity contribution < 1.29 is 4.79 Å². The van der Waals surface area contributed by atoms with E-state index < -0.39 is 0 Å². The van der Waals surface area contributed by atoms with E-state index in [4.69, 9.17) is 0 Å². The van der Waals surface area contributed by atoms with Crippen LogP contribution in [0.4, 0.5) is 0 Å². The Labute approximate surface area is 98.4 Å². The molecule has 0 amide bonds. The zero-order valence-electron chi connectivity index (χ0n) is 8.66. The van der Waals surface area contributed by atoms with E-state index in [0.717, 1.165) is 29.2 Å². The lowest BCUT2D eigenvalue weighted by atomic mass is 9.93. The number of hydrogen-bond acceptors (Lipinski definition) is 1. The van der Waals surface area contributed by atoms with Crippen molar-refractivity contribution in [1.82, 2.24) is 0 Å². The molecule has 0 spiro atoms. The molecule has 1 atom stereocenters. The van der Waals surface area contributed by atoms with Crippen molar-refractivity contribution in [2.75, 3.05) is 0 Å². The van der Waals surface area contributed by atoms with E-state index in [1.165, 1.54) is 11.1 Å². The summed E-state index contributed by atoms with van der Waals surface area (Å²) in [7, 11) is 0. The summed E-state index contributed by atoms with van der Waals surface area (Å²) < 4.78 is 0.966. The second-order valence-electron chi connectivity index (χ2n) is 3.97. The molecule has 0 bridgehead atoms. The van der Waals surface area contributed by atoms with Gasteiger partial charge in [-0.15, -0.1) is 0 Å². The monoisotopic (exact) mass is 264 g/mol. The minimum atomic E-state index is 0.468. The fraction of sp³-hybridized carbons (Fsp3) is 0.308. The van der Waals surface area contributed by atoms with Gasteiger partial charge in [0.1, 0.15) is 6.29 Å². The molecule has 2 aliphatic rings. The molecule has 0 fully saturated rings. The maximum atomic E-state index is 10.8. The Hall–Kier alpha value is -0.890. The van der Waals surface area contributed by atoms with Gasteiger partial charge in [-0.05, 0) is 45.8 Å². The highest BCUT2D eigenvalue weighted by molar-refractivity contribution is 9.12. The predicted octanol–water partition coefficient (Wildman–Crippen LogP) is 3.69. The summed E-state index contributed by atoms with van der Waals surface area (Å²) in [5, 5.41) is 0. The van der Waals surface area contributed by atoms with Crippen molar-refractivity contribution in [3.63, 3.8) is 0 Å². The minimum Gasteiger partial charge on any atom is -0.298 e. The molecule has 15 heavy (non-hydrogen) atoms. The van der Waals surface area contributed by atoms with E-state index in [1.54, 1.807) is 0 Å². The molecular weight excluding hydrogens is 252 g/mol. The largest absolute Gasteiger partial charge is 0.298 e. The average Bonchev–Trinajstić information content (AvgIpc) is 2.42. The van der Waals surface area contributed by atoms with Gasteiger partial charge in [0.15, 0.2) is 0 Å². The smallest absolute Gasteiger partial charge is 0.147 e. The highest BCUT2D eigenvalue weighted by Gasteiger charge is 2.17. The van der Waals surface area contributed by atoms with E-state index in [-0.39, 0.29) is 0 Å². The van der Waals surface area contributed by atoms with Gasteiger partial charge in [0.25, 0.3) is 0 Å². The van der Waals surface area contributed by atoms with Crippen LogP contribution in [0.5, 0.6) is 0 Å². The maximum absolute atomic E-state index is 10.8. The average molecular weight is 265 g/mol. The van der Waals surface area contributed by atoms with Gasteiger partial charge in [-0.3, -0.25) is 4.79 Å². The van der Waals surface area contributed by atoms with Gasteiger partial charge in [0.2, 0.25) is 0 Å². The first-order valence-electron chi connectivity index (χ1n) is 5.16. The highest BCUT2D eigenvalue weighted by atomic mass is 79.9. The molecule has 0 N–H and O–H groups in total. The minimum absolute atomic E-state index is 0.468. The molecule has 2 aliphatic carbocycles. The zero-order chi connectivity index (χ0) is 10.8. The highest BCUT2D eigenvalue weighted by Crippen LogP contribution is 2.36. The van der Waals surface area contributed by atoms with Crippen molar-refractivity contribution in [2.24, 2.45) is 5.92 Å². The standard InChI is InChI=1S/C13H13BrO/c1-9-2-4-10-5-6-11(8-15)13(14)12(10)7-3-9/h2-4,7-9H,5-6H2,1H3. The van der Waals surface area contributed by atoms with E-state index in [9.17, 15) is 4.79 Å². The molecule has 0 heterocycles. The number of halogens is 1. The van der Waals surface area contributed by atoms with Crippen LogP contribution in [0.25, 0.3) is 0 Å². The van der Waals surface area contributed by atoms with Crippen LogP contribution >= 0.6 is 15.9 Å². The summed E-state index contributed by atoms with van der Waals surface area (Å²) in [5.74, 6) is 0.468. The lowest BCUT2D eigenvalue weighted by Crippen LogP contribution is -2.01. The molecule has 0 aromatic heterocycles. The lowest BCUT2D eigenvalue weighted by Gasteiger charge is -2.16. The van der Waals surface area contributed by atoms with E-state index in [1.807, 2.05) is 0 Å². The summed E-state index contributed by atoms with van der Waals surface area (Å²) in [6.45, 7) is 2.16. The van der Waals surface area contributed by atoms with Crippen molar-refractivity contribution in [2.45, 2.75) is 19.8 Å². The number of aldehydes is 1. The van der Waals surface area contributed by atoms with Crippen LogP contribution in [-0.2, 0) is 4.79 Å². The fourth-order valence-corrected chi connectivity index (χ4v) is 2.55. The molecule has 0 aromatic rings. The third kappa shape index (κ3) is 2.05. The normalized spacial score (nSPS) is 25.3. The van der Waals surface area contributed by atoms with Crippen LogP contribution in [0.1, 0.15) is 19.8 Å². The number of carbonyl (C=O) groups is 1. The molecule has 2 rings (SSSR count). The Morgan fingerprint density at radius 1 is 1.33 bits per heavy atom. The molecule has 0 saturated carbocycles. The first-order chi connectivity index (χ1) is 7.22. The van der Waals surface area contributed by atoms with Gasteiger partial charge in [0.05, 0.1) is 0 Å². The fourth-order valence-electron chi connectivity index (χ4n) is 1.87. The number of carbonyl (C=O) groups excluding carboxylic acids is 1. The molecule has 1 nitrogen and oxygen atoms in total. The number of hydrogen-bond donors (Lipinski definition) is 0. The van der Waals surface area contributed by atoms with Crippen LogP contribution in [0.15, 0.2) is 45.5 Å². The van der Waals surface area contributed by atoms with Crippen LogP contribution in [0.2, 0.25) is 0 Å². The molecular formula is C13H13BrO. The van der Waals surface area contributed by atoms with Crippen LogP contribution in [-0.4, -0.2) is 6.29 Å². The topological polar surface area (TPSA) is 17.1 Å². The van der Waals surface area contributed by atoms with Crippen LogP contribution in [0, 0.1) is 5.92 Å². The first-order valence-corrected chi connectivity index (χ1v) is 5.95. The van der Waals surface area contributed by atoms with Gasteiger partial charge in [-0.2, -0.15) is 0 Å². The van der Waals surface area contributed by atoms with E-state index >= 15 is 0 Å². The maximum Gasteiger partial charge on any atom is 0.147 e. The SMILES string of the molecule is CC1C=CC2=C(C=C1)C(Br)=C(C=O)CC2. The summed E-state index contributed by atoms with van der Waals surface area (Å²) in [6, 6.07) is 0. The van der Waals surface area contributed by atoms with Gasteiger partial charge in [-0.1, -0.05) is 31.2 Å². The third-order valence-corrected chi connectivity index (χ3v) is 3.77. The Bertz CT molecular complexity index is 410. The number of rotatable bonds is 1. The van der Waals surface area contributed by atoms with Crippen molar-refractivity contribution in [1.29, 1.82) is 0 Å². The summed E-state index contributed by atoms with van der Waals surface area (Å²) in [4.78, 5) is 10.8. The van der Waals surface area contributed by atoms with Crippen molar-refractivity contribution in [3.05, 3.63) is 45.5 Å². The van der Waals surface area contributed by atoms with E-state index in [0.29, 0.717) is 5.92 Å². The first kappa shape index (κ1) is 10.6. The predicted molar refractivity (Wildman–Crippen MR) is 65.7 cm³/mol. The zero-order valence-corrected chi connectivity index (χ0v) is 10.3. The summed E-state index contributed by atoms with van der Waals surface area (Å²) in [5.41, 5.74) is 3.37. The van der Waals surface area contributed by atoms with Gasteiger partial charge >= 0.3 is 0 Å². The summed E-state index contributed by atoms with van der Waals surface area (Å²) >= 11 is 3.52.